The molecule has 1 aliphatic carbocycles. The summed E-state index contributed by atoms with van der Waals surface area (Å²) in [5, 5.41) is 12.5. The molecule has 0 aromatic carbocycles. The van der Waals surface area contributed by atoms with Crippen LogP contribution in [0.4, 0.5) is 4.39 Å². The zero-order valence-corrected chi connectivity index (χ0v) is 7.88. The molecule has 1 aliphatic heterocycles. The summed E-state index contributed by atoms with van der Waals surface area (Å²) in [6.07, 6.45) is 1.97. The van der Waals surface area contributed by atoms with Crippen molar-refractivity contribution in [3.63, 3.8) is 0 Å². The molecule has 0 spiro atoms. The number of halogens is 1. The number of Topliss-reactive ketones (excluding diaryl/α,β-unsaturated/α-hetero) is 1. The Morgan fingerprint density at radius 1 is 1.79 bits per heavy atom. The summed E-state index contributed by atoms with van der Waals surface area (Å²) in [6, 6.07) is 0. The van der Waals surface area contributed by atoms with E-state index in [-0.39, 0.29) is 17.8 Å². The van der Waals surface area contributed by atoms with Gasteiger partial charge in [-0.1, -0.05) is 6.92 Å². The number of alkyl halides is 1. The van der Waals surface area contributed by atoms with Crippen LogP contribution >= 0.6 is 0 Å². The van der Waals surface area contributed by atoms with Gasteiger partial charge < -0.3 is 10.4 Å². The summed E-state index contributed by atoms with van der Waals surface area (Å²) in [6.45, 7) is 1.78. The first-order valence-corrected chi connectivity index (χ1v) is 4.65. The molecule has 0 radical (unpaired) electrons. The van der Waals surface area contributed by atoms with Crippen molar-refractivity contribution in [2.24, 2.45) is 0 Å². The molecule has 0 aromatic rings. The van der Waals surface area contributed by atoms with E-state index in [1.54, 1.807) is 13.0 Å². The maximum atomic E-state index is 13.3. The molecule has 0 bridgehead atoms. The Bertz CT molecular complexity index is 348. The Kier molecular flexibility index (Phi) is 1.96. The molecule has 0 fully saturated rings. The number of carbonyl (C=O) groups excluding carboxylic acids is 1. The van der Waals surface area contributed by atoms with Crippen LogP contribution in [0.5, 0.6) is 0 Å². The van der Waals surface area contributed by atoms with Crippen molar-refractivity contribution in [3.05, 3.63) is 23.4 Å². The van der Waals surface area contributed by atoms with Gasteiger partial charge in [-0.15, -0.1) is 0 Å². The molecule has 0 unspecified atom stereocenters. The largest absolute Gasteiger partial charge is 0.385 e. The summed E-state index contributed by atoms with van der Waals surface area (Å²) in [7, 11) is 0. The normalized spacial score (nSPS) is 35.9. The number of hydrogen-bond acceptors (Lipinski definition) is 3. The zero-order chi connectivity index (χ0) is 10.3. The van der Waals surface area contributed by atoms with Crippen LogP contribution in [-0.4, -0.2) is 22.8 Å². The van der Waals surface area contributed by atoms with Crippen LogP contribution < -0.4 is 5.32 Å². The standard InChI is InChI=1S/C10H12FNO2/c1-2-10(14)5-7(13)8-6(10)3-4-12-9(8)11/h3-4,9,12,14H,2,5H2,1H3/t9-,10-/m1/s1. The maximum absolute atomic E-state index is 13.3. The number of carbonyl (C=O) groups is 1. The van der Waals surface area contributed by atoms with Crippen molar-refractivity contribution in [2.75, 3.05) is 0 Å². The van der Waals surface area contributed by atoms with Gasteiger partial charge in [-0.3, -0.25) is 4.79 Å². The monoisotopic (exact) mass is 197 g/mol. The van der Waals surface area contributed by atoms with Crippen LogP contribution in [0.2, 0.25) is 0 Å². The molecule has 2 atom stereocenters. The maximum Gasteiger partial charge on any atom is 0.199 e. The zero-order valence-electron chi connectivity index (χ0n) is 7.88. The molecule has 0 saturated heterocycles. The molecule has 2 N–H and O–H groups in total. The van der Waals surface area contributed by atoms with Crippen molar-refractivity contribution in [3.8, 4) is 0 Å². The fraction of sp³-hybridized carbons (Fsp3) is 0.500. The van der Waals surface area contributed by atoms with Gasteiger partial charge in [0.2, 0.25) is 0 Å². The average Bonchev–Trinajstić information content (AvgIpc) is 2.41. The Hall–Kier alpha value is -1.16. The molecular formula is C10H12FNO2. The van der Waals surface area contributed by atoms with E-state index >= 15 is 0 Å². The van der Waals surface area contributed by atoms with Gasteiger partial charge in [0.25, 0.3) is 0 Å². The highest BCUT2D eigenvalue weighted by Crippen LogP contribution is 2.39. The number of dihydropyridines is 1. The highest BCUT2D eigenvalue weighted by atomic mass is 19.1. The van der Waals surface area contributed by atoms with Crippen LogP contribution in [0.1, 0.15) is 19.8 Å². The van der Waals surface area contributed by atoms with Crippen molar-refractivity contribution >= 4 is 5.78 Å². The number of nitrogens with one attached hydrogen (secondary N) is 1. The van der Waals surface area contributed by atoms with Gasteiger partial charge >= 0.3 is 0 Å². The summed E-state index contributed by atoms with van der Waals surface area (Å²) in [5.41, 5.74) is -0.622. The van der Waals surface area contributed by atoms with Gasteiger partial charge in [-0.05, 0) is 24.3 Å². The van der Waals surface area contributed by atoms with Gasteiger partial charge in [-0.25, -0.2) is 4.39 Å². The molecule has 0 aromatic heterocycles. The topological polar surface area (TPSA) is 49.3 Å². The smallest absolute Gasteiger partial charge is 0.199 e. The van der Waals surface area contributed by atoms with Crippen molar-refractivity contribution in [1.29, 1.82) is 0 Å². The lowest BCUT2D eigenvalue weighted by molar-refractivity contribution is -0.117. The average molecular weight is 197 g/mol. The minimum Gasteiger partial charge on any atom is -0.385 e. The van der Waals surface area contributed by atoms with Crippen molar-refractivity contribution < 1.29 is 14.3 Å². The molecule has 1 heterocycles. The fourth-order valence-electron chi connectivity index (χ4n) is 1.99. The quantitative estimate of drug-likeness (QED) is 0.611. The Morgan fingerprint density at radius 3 is 3.14 bits per heavy atom. The summed E-state index contributed by atoms with van der Waals surface area (Å²) < 4.78 is 13.3. The Morgan fingerprint density at radius 2 is 2.50 bits per heavy atom. The Balaban J connectivity index is 2.49. The third-order valence-corrected chi connectivity index (χ3v) is 2.88. The number of rotatable bonds is 1. The van der Waals surface area contributed by atoms with Crippen LogP contribution in [-0.2, 0) is 4.79 Å². The van der Waals surface area contributed by atoms with E-state index in [0.717, 1.165) is 0 Å². The van der Waals surface area contributed by atoms with Crippen molar-refractivity contribution in [2.45, 2.75) is 31.7 Å². The highest BCUT2D eigenvalue weighted by molar-refractivity contribution is 6.02. The van der Waals surface area contributed by atoms with E-state index < -0.39 is 11.9 Å². The summed E-state index contributed by atoms with van der Waals surface area (Å²) in [4.78, 5) is 11.5. The minimum absolute atomic E-state index is 0.000602. The lowest BCUT2D eigenvalue weighted by Gasteiger charge is -2.24. The number of ketones is 1. The molecule has 3 nitrogen and oxygen atoms in total. The Labute approximate surface area is 81.3 Å². The van der Waals surface area contributed by atoms with Gasteiger partial charge in [0.1, 0.15) is 0 Å². The molecule has 2 rings (SSSR count). The van der Waals surface area contributed by atoms with Gasteiger partial charge in [0, 0.05) is 6.42 Å². The third kappa shape index (κ3) is 1.10. The molecule has 0 saturated carbocycles. The van der Waals surface area contributed by atoms with E-state index in [0.29, 0.717) is 12.0 Å². The lowest BCUT2D eigenvalue weighted by Crippen LogP contribution is -2.30. The van der Waals surface area contributed by atoms with Gasteiger partial charge in [0.15, 0.2) is 12.1 Å². The molecule has 2 aliphatic rings. The van der Waals surface area contributed by atoms with Crippen molar-refractivity contribution in [1.82, 2.24) is 5.32 Å². The van der Waals surface area contributed by atoms with E-state index in [1.165, 1.54) is 6.20 Å². The second kappa shape index (κ2) is 2.92. The fourth-order valence-corrected chi connectivity index (χ4v) is 1.99. The van der Waals surface area contributed by atoms with E-state index in [2.05, 4.69) is 5.32 Å². The second-order valence-electron chi connectivity index (χ2n) is 3.67. The van der Waals surface area contributed by atoms with E-state index in [9.17, 15) is 14.3 Å². The SMILES string of the molecule is CC[C@@]1(O)CC(=O)C2=C1C=CN[C@H]2F. The van der Waals surface area contributed by atoms with Crippen LogP contribution in [0.3, 0.4) is 0 Å². The molecular weight excluding hydrogens is 185 g/mol. The predicted molar refractivity (Wildman–Crippen MR) is 49.1 cm³/mol. The van der Waals surface area contributed by atoms with E-state index in [4.69, 9.17) is 0 Å². The lowest BCUT2D eigenvalue weighted by atomic mass is 9.91. The summed E-state index contributed by atoms with van der Waals surface area (Å²) in [5.74, 6) is -0.297. The minimum atomic E-state index is -1.47. The summed E-state index contributed by atoms with van der Waals surface area (Å²) >= 11 is 0. The van der Waals surface area contributed by atoms with Gasteiger partial charge in [-0.2, -0.15) is 0 Å². The van der Waals surface area contributed by atoms with E-state index in [1.807, 2.05) is 0 Å². The predicted octanol–water partition coefficient (Wildman–Crippen LogP) is 0.809. The van der Waals surface area contributed by atoms with Crippen LogP contribution in [0.25, 0.3) is 0 Å². The van der Waals surface area contributed by atoms with Crippen LogP contribution in [0.15, 0.2) is 23.4 Å². The first kappa shape index (κ1) is 9.40. The number of aliphatic hydroxyl groups is 1. The highest BCUT2D eigenvalue weighted by Gasteiger charge is 2.45. The number of hydrogen-bond donors (Lipinski definition) is 2. The molecule has 76 valence electrons. The van der Waals surface area contributed by atoms with Crippen LogP contribution in [0, 0.1) is 0 Å². The van der Waals surface area contributed by atoms with Gasteiger partial charge in [0.05, 0.1) is 11.2 Å². The molecule has 0 amide bonds. The second-order valence-corrected chi connectivity index (χ2v) is 3.67. The molecule has 4 heteroatoms. The first-order chi connectivity index (χ1) is 6.58. The first-order valence-electron chi connectivity index (χ1n) is 4.65. The molecule has 14 heavy (non-hydrogen) atoms. The third-order valence-electron chi connectivity index (χ3n) is 2.88.